The Morgan fingerprint density at radius 3 is 2.70 bits per heavy atom. The maximum atomic E-state index is 12.6. The Morgan fingerprint density at radius 1 is 1.35 bits per heavy atom. The third-order valence-corrected chi connectivity index (χ3v) is 2.70. The highest BCUT2D eigenvalue weighted by atomic mass is 19.4. The molecule has 2 aromatic heterocycles. The first-order valence-electron chi connectivity index (χ1n) is 6.02. The molecule has 0 aliphatic heterocycles. The van der Waals surface area contributed by atoms with Crippen molar-refractivity contribution in [3.8, 4) is 0 Å². The van der Waals surface area contributed by atoms with Crippen LogP contribution < -0.4 is 5.32 Å². The standard InChI is InChI=1S/C12H14F3N5/c1-7(10-16-3-4-17-10)6-18-11-19-8(2)5-9(20-11)12(13,14)15/h3-5,7H,6H2,1-2H3,(H,16,17)(H,18,19,20). The van der Waals surface area contributed by atoms with E-state index in [1.165, 1.54) is 6.92 Å². The Hall–Kier alpha value is -2.12. The van der Waals surface area contributed by atoms with Crippen molar-refractivity contribution < 1.29 is 13.2 Å². The number of aromatic amines is 1. The van der Waals surface area contributed by atoms with E-state index in [2.05, 4.69) is 25.3 Å². The van der Waals surface area contributed by atoms with E-state index in [4.69, 9.17) is 0 Å². The van der Waals surface area contributed by atoms with E-state index < -0.39 is 11.9 Å². The first kappa shape index (κ1) is 14.3. The lowest BCUT2D eigenvalue weighted by atomic mass is 10.2. The minimum Gasteiger partial charge on any atom is -0.353 e. The molecule has 108 valence electrons. The molecule has 0 aromatic carbocycles. The summed E-state index contributed by atoms with van der Waals surface area (Å²) >= 11 is 0. The normalized spacial score (nSPS) is 13.2. The van der Waals surface area contributed by atoms with Crippen LogP contribution in [-0.4, -0.2) is 26.5 Å². The molecule has 0 fully saturated rings. The van der Waals surface area contributed by atoms with Crippen molar-refractivity contribution >= 4 is 5.95 Å². The van der Waals surface area contributed by atoms with Gasteiger partial charge in [0.15, 0.2) is 0 Å². The molecular weight excluding hydrogens is 271 g/mol. The number of anilines is 1. The highest BCUT2D eigenvalue weighted by Gasteiger charge is 2.33. The van der Waals surface area contributed by atoms with Gasteiger partial charge < -0.3 is 10.3 Å². The molecule has 8 heteroatoms. The number of alkyl halides is 3. The molecule has 1 unspecified atom stereocenters. The Balaban J connectivity index is 2.08. The topological polar surface area (TPSA) is 66.5 Å². The van der Waals surface area contributed by atoms with Crippen LogP contribution in [0.5, 0.6) is 0 Å². The van der Waals surface area contributed by atoms with E-state index in [1.807, 2.05) is 6.92 Å². The summed E-state index contributed by atoms with van der Waals surface area (Å²) in [6, 6.07) is 0.918. The van der Waals surface area contributed by atoms with E-state index in [0.29, 0.717) is 6.54 Å². The third-order valence-electron chi connectivity index (χ3n) is 2.70. The molecule has 1 atom stereocenters. The summed E-state index contributed by atoms with van der Waals surface area (Å²) in [7, 11) is 0. The van der Waals surface area contributed by atoms with Crippen LogP contribution in [0.3, 0.4) is 0 Å². The van der Waals surface area contributed by atoms with Crippen molar-refractivity contribution in [2.75, 3.05) is 11.9 Å². The zero-order valence-electron chi connectivity index (χ0n) is 11.0. The van der Waals surface area contributed by atoms with Gasteiger partial charge in [-0.15, -0.1) is 0 Å². The fourth-order valence-electron chi connectivity index (χ4n) is 1.68. The van der Waals surface area contributed by atoms with Crippen LogP contribution in [0.4, 0.5) is 19.1 Å². The number of aromatic nitrogens is 4. The first-order valence-corrected chi connectivity index (χ1v) is 6.02. The van der Waals surface area contributed by atoms with Gasteiger partial charge in [-0.05, 0) is 13.0 Å². The first-order chi connectivity index (χ1) is 9.36. The second-order valence-electron chi connectivity index (χ2n) is 4.47. The number of H-pyrrole nitrogens is 1. The highest BCUT2D eigenvalue weighted by molar-refractivity contribution is 5.29. The van der Waals surface area contributed by atoms with Gasteiger partial charge in [-0.3, -0.25) is 0 Å². The van der Waals surface area contributed by atoms with Crippen LogP contribution in [0.15, 0.2) is 18.5 Å². The molecule has 0 saturated carbocycles. The molecule has 0 radical (unpaired) electrons. The van der Waals surface area contributed by atoms with Gasteiger partial charge in [0, 0.05) is 30.6 Å². The zero-order chi connectivity index (χ0) is 14.8. The minimum absolute atomic E-state index is 0.00319. The Bertz CT molecular complexity index is 565. The molecule has 2 rings (SSSR count). The SMILES string of the molecule is Cc1cc(C(F)(F)F)nc(NCC(C)c2ncc[nH]2)n1. The van der Waals surface area contributed by atoms with Crippen LogP contribution in [0.1, 0.15) is 30.1 Å². The summed E-state index contributed by atoms with van der Waals surface area (Å²) in [5.41, 5.74) is -0.682. The minimum atomic E-state index is -4.48. The number of imidazole rings is 1. The van der Waals surface area contributed by atoms with Gasteiger partial charge in [-0.1, -0.05) is 6.92 Å². The second kappa shape index (κ2) is 5.48. The van der Waals surface area contributed by atoms with Crippen LogP contribution in [0, 0.1) is 6.92 Å². The smallest absolute Gasteiger partial charge is 0.353 e. The molecule has 0 bridgehead atoms. The molecule has 5 nitrogen and oxygen atoms in total. The van der Waals surface area contributed by atoms with Gasteiger partial charge in [0.1, 0.15) is 11.5 Å². The Labute approximate surface area is 113 Å². The fourth-order valence-corrected chi connectivity index (χ4v) is 1.68. The Morgan fingerprint density at radius 2 is 2.10 bits per heavy atom. The molecule has 2 heterocycles. The third kappa shape index (κ3) is 3.46. The number of halogens is 3. The highest BCUT2D eigenvalue weighted by Crippen LogP contribution is 2.28. The largest absolute Gasteiger partial charge is 0.433 e. The molecule has 0 aliphatic carbocycles. The predicted molar refractivity (Wildman–Crippen MR) is 67.3 cm³/mol. The maximum absolute atomic E-state index is 12.6. The van der Waals surface area contributed by atoms with Crippen LogP contribution in [0.25, 0.3) is 0 Å². The van der Waals surface area contributed by atoms with Crippen molar-refractivity contribution in [3.63, 3.8) is 0 Å². The number of hydrogen-bond donors (Lipinski definition) is 2. The van der Waals surface area contributed by atoms with Gasteiger partial charge in [0.25, 0.3) is 0 Å². The van der Waals surface area contributed by atoms with E-state index in [-0.39, 0.29) is 17.6 Å². The summed E-state index contributed by atoms with van der Waals surface area (Å²) in [5.74, 6) is 0.723. The average Bonchev–Trinajstić information content (AvgIpc) is 2.88. The summed E-state index contributed by atoms with van der Waals surface area (Å²) in [5, 5.41) is 2.80. The molecule has 0 amide bonds. The summed E-state index contributed by atoms with van der Waals surface area (Å²) < 4.78 is 37.9. The molecule has 0 spiro atoms. The lowest BCUT2D eigenvalue weighted by molar-refractivity contribution is -0.141. The summed E-state index contributed by atoms with van der Waals surface area (Å²) in [4.78, 5) is 14.5. The molecule has 0 saturated heterocycles. The quantitative estimate of drug-likeness (QED) is 0.906. The Kier molecular flexibility index (Phi) is 3.91. The number of hydrogen-bond acceptors (Lipinski definition) is 4. The lowest BCUT2D eigenvalue weighted by Gasteiger charge is -2.12. The fraction of sp³-hybridized carbons (Fsp3) is 0.417. The van der Waals surface area contributed by atoms with E-state index in [1.54, 1.807) is 12.4 Å². The van der Waals surface area contributed by atoms with Gasteiger partial charge in [-0.25, -0.2) is 15.0 Å². The van der Waals surface area contributed by atoms with Crippen molar-refractivity contribution in [1.29, 1.82) is 0 Å². The van der Waals surface area contributed by atoms with Gasteiger partial charge >= 0.3 is 6.18 Å². The van der Waals surface area contributed by atoms with Crippen LogP contribution >= 0.6 is 0 Å². The number of rotatable bonds is 4. The molecule has 2 aromatic rings. The van der Waals surface area contributed by atoms with Crippen molar-refractivity contribution in [1.82, 2.24) is 19.9 Å². The van der Waals surface area contributed by atoms with Gasteiger partial charge in [0.2, 0.25) is 5.95 Å². The second-order valence-corrected chi connectivity index (χ2v) is 4.47. The lowest BCUT2D eigenvalue weighted by Crippen LogP contribution is -2.16. The van der Waals surface area contributed by atoms with E-state index >= 15 is 0 Å². The molecular formula is C12H14F3N5. The molecule has 20 heavy (non-hydrogen) atoms. The van der Waals surface area contributed by atoms with Crippen molar-refractivity contribution in [2.45, 2.75) is 25.9 Å². The number of nitrogens with zero attached hydrogens (tertiary/aromatic N) is 3. The molecule has 2 N–H and O–H groups in total. The van der Waals surface area contributed by atoms with Crippen LogP contribution in [0.2, 0.25) is 0 Å². The number of nitrogens with one attached hydrogen (secondary N) is 2. The maximum Gasteiger partial charge on any atom is 0.433 e. The van der Waals surface area contributed by atoms with Crippen molar-refractivity contribution in [3.05, 3.63) is 35.7 Å². The van der Waals surface area contributed by atoms with E-state index in [9.17, 15) is 13.2 Å². The van der Waals surface area contributed by atoms with Gasteiger partial charge in [-0.2, -0.15) is 13.2 Å². The van der Waals surface area contributed by atoms with Crippen molar-refractivity contribution in [2.24, 2.45) is 0 Å². The number of aryl methyl sites for hydroxylation is 1. The predicted octanol–water partition coefficient (Wildman–Crippen LogP) is 2.74. The van der Waals surface area contributed by atoms with Gasteiger partial charge in [0.05, 0.1) is 0 Å². The summed E-state index contributed by atoms with van der Waals surface area (Å²) in [6.07, 6.45) is -1.16. The summed E-state index contributed by atoms with van der Waals surface area (Å²) in [6.45, 7) is 3.78. The zero-order valence-corrected chi connectivity index (χ0v) is 11.0. The monoisotopic (exact) mass is 285 g/mol. The average molecular weight is 285 g/mol. The van der Waals surface area contributed by atoms with E-state index in [0.717, 1.165) is 11.9 Å². The molecule has 0 aliphatic rings. The van der Waals surface area contributed by atoms with Crippen LogP contribution in [-0.2, 0) is 6.18 Å².